The molecule has 1 heterocycles. The van der Waals surface area contributed by atoms with Crippen molar-refractivity contribution in [2.45, 2.75) is 82.3 Å². The first-order valence-electron chi connectivity index (χ1n) is 16.5. The number of nitrogens with two attached hydrogens (primary N) is 1. The van der Waals surface area contributed by atoms with Crippen LogP contribution in [0, 0.1) is 22.7 Å². The number of phosphoric acid groups is 1. The molecule has 0 amide bonds. The number of aliphatic hydroxyl groups is 2. The van der Waals surface area contributed by atoms with E-state index in [1.165, 1.54) is 12.2 Å². The summed E-state index contributed by atoms with van der Waals surface area (Å²) in [5.74, 6) is -2.22. The van der Waals surface area contributed by atoms with Gasteiger partial charge in [-0.2, -0.15) is 0 Å². The fourth-order valence-corrected chi connectivity index (χ4v) is 10.1. The van der Waals surface area contributed by atoms with Gasteiger partial charge in [0.1, 0.15) is 6.61 Å². The Morgan fingerprint density at radius 3 is 2.51 bits per heavy atom. The van der Waals surface area contributed by atoms with Gasteiger partial charge >= 0.3 is 7.82 Å². The molecule has 9 atom stereocenters. The van der Waals surface area contributed by atoms with Gasteiger partial charge in [-0.25, -0.2) is 8.96 Å². The molecule has 7 rings (SSSR count). The quantitative estimate of drug-likeness (QED) is 0.197. The minimum absolute atomic E-state index is 0.149. The highest BCUT2D eigenvalue weighted by Gasteiger charge is 2.79. The normalized spacial score (nSPS) is 38.0. The number of carbonyl (C=O) groups excluding carboxylic acids is 2. The van der Waals surface area contributed by atoms with Crippen LogP contribution < -0.4 is 5.73 Å². The van der Waals surface area contributed by atoms with Gasteiger partial charge in [-0.1, -0.05) is 55.0 Å². The predicted molar refractivity (Wildman–Crippen MR) is 174 cm³/mol. The van der Waals surface area contributed by atoms with E-state index in [0.717, 1.165) is 11.1 Å². The van der Waals surface area contributed by atoms with Gasteiger partial charge in [0, 0.05) is 33.6 Å². The summed E-state index contributed by atoms with van der Waals surface area (Å²) in [6.07, 6.45) is 2.18. The van der Waals surface area contributed by atoms with E-state index in [1.54, 1.807) is 26.0 Å². The Morgan fingerprint density at radius 1 is 1.12 bits per heavy atom. The van der Waals surface area contributed by atoms with Crippen molar-refractivity contribution in [3.63, 3.8) is 0 Å². The fraction of sp³-hybridized carbons (Fsp3) is 0.500. The maximum absolute atomic E-state index is 17.7. The summed E-state index contributed by atoms with van der Waals surface area (Å²) in [6, 6.07) is 12.9. The lowest BCUT2D eigenvalue weighted by atomic mass is 9.44. The average Bonchev–Trinajstić information content (AvgIpc) is 3.54. The molecule has 1 aliphatic heterocycles. The number of anilines is 1. The molecular formula is C36H41FNO10P. The third-order valence-corrected chi connectivity index (χ3v) is 12.7. The predicted octanol–water partition coefficient (Wildman–Crippen LogP) is 4.16. The Bertz CT molecular complexity index is 1810. The van der Waals surface area contributed by atoms with Crippen LogP contribution in [0.2, 0.25) is 0 Å². The Hall–Kier alpha value is -3.06. The molecular weight excluding hydrogens is 656 g/mol. The van der Waals surface area contributed by atoms with Crippen LogP contribution in [0.25, 0.3) is 0 Å². The van der Waals surface area contributed by atoms with Gasteiger partial charge in [0.15, 0.2) is 29.1 Å². The first-order chi connectivity index (χ1) is 23.1. The first kappa shape index (κ1) is 34.4. The second kappa shape index (κ2) is 11.7. The number of hydrogen-bond donors (Lipinski definition) is 5. The third kappa shape index (κ3) is 5.14. The van der Waals surface area contributed by atoms with Crippen LogP contribution in [-0.2, 0) is 41.2 Å². The van der Waals surface area contributed by atoms with Crippen LogP contribution in [-0.4, -0.2) is 61.7 Å². The van der Waals surface area contributed by atoms with Gasteiger partial charge in [-0.15, -0.1) is 0 Å². The number of benzene rings is 2. The molecule has 6 N–H and O–H groups in total. The fourth-order valence-electron chi connectivity index (χ4n) is 9.78. The van der Waals surface area contributed by atoms with Gasteiger partial charge in [0.25, 0.3) is 0 Å². The van der Waals surface area contributed by atoms with Crippen molar-refractivity contribution in [3.05, 3.63) is 88.5 Å². The molecule has 2 aromatic rings. The number of alkyl halides is 1. The molecule has 0 spiro atoms. The Kier molecular flexibility index (Phi) is 8.25. The Labute approximate surface area is 283 Å². The lowest BCUT2D eigenvalue weighted by molar-refractivity contribution is -0.231. The second-order valence-electron chi connectivity index (χ2n) is 14.6. The molecule has 49 heavy (non-hydrogen) atoms. The first-order valence-corrected chi connectivity index (χ1v) is 18.0. The molecule has 4 fully saturated rings. The second-order valence-corrected chi connectivity index (χ2v) is 15.8. The number of carbonyl (C=O) groups is 2. The van der Waals surface area contributed by atoms with Crippen molar-refractivity contribution in [2.75, 3.05) is 12.3 Å². The lowest BCUT2D eigenvalue weighted by Gasteiger charge is -2.62. The number of hydrogen-bond acceptors (Lipinski definition) is 9. The number of nitrogen functional groups attached to an aromatic ring is 1. The number of Topliss-reactive ketones (excluding diaryl/α,β-unsaturated/α-hetero) is 1. The number of allylic oxidation sites excluding steroid dienone is 4. The molecule has 3 saturated carbocycles. The molecule has 1 saturated heterocycles. The minimum Gasteiger partial charge on any atom is -0.398 e. The zero-order chi connectivity index (χ0) is 35.1. The number of aliphatic hydroxyl groups excluding tert-OH is 2. The van der Waals surface area contributed by atoms with Gasteiger partial charge in [0.2, 0.25) is 0 Å². The number of fused-ring (bicyclic) bond motifs is 7. The molecule has 2 aromatic carbocycles. The summed E-state index contributed by atoms with van der Waals surface area (Å²) in [4.78, 5) is 45.3. The van der Waals surface area contributed by atoms with Crippen molar-refractivity contribution in [1.82, 2.24) is 0 Å². The smallest absolute Gasteiger partial charge is 0.398 e. The molecule has 13 heteroatoms. The van der Waals surface area contributed by atoms with Crippen LogP contribution in [0.15, 0.2) is 66.3 Å². The summed E-state index contributed by atoms with van der Waals surface area (Å²) < 4.78 is 47.2. The van der Waals surface area contributed by atoms with Crippen LogP contribution in [0.5, 0.6) is 0 Å². The summed E-state index contributed by atoms with van der Waals surface area (Å²) in [6.45, 7) is 2.36. The molecule has 262 valence electrons. The van der Waals surface area contributed by atoms with Gasteiger partial charge < -0.3 is 35.2 Å². The molecule has 4 aliphatic carbocycles. The van der Waals surface area contributed by atoms with Crippen LogP contribution in [0.4, 0.5) is 10.1 Å². The van der Waals surface area contributed by atoms with Gasteiger partial charge in [-0.3, -0.25) is 14.1 Å². The molecule has 11 nitrogen and oxygen atoms in total. The maximum Gasteiger partial charge on any atom is 0.470 e. The van der Waals surface area contributed by atoms with Crippen molar-refractivity contribution >= 4 is 25.1 Å². The number of halogens is 1. The standard InChI is InChI=1S/C36H41FNO10P/c1-33-12-11-25(40)15-24(33)9-10-26-27-16-31-36(30(42)19-46-49(43,44)45,34(27,2)17-29(41)35(26,33)37)48-32(47-31)22-6-3-20(4-7-22)13-21-5-8-23(18-39)28(38)14-21/h3-8,11-12,14-15,26-27,29,31-32,39,41H,9-10,13,16-19,38H2,1-2H3,(H2,43,44,45)/t26-,27-,29-,31+,32+,33-,34-,35-,36+/m0/s1. The summed E-state index contributed by atoms with van der Waals surface area (Å²) in [5.41, 5.74) is 3.94. The number of ketones is 2. The van der Waals surface area contributed by atoms with E-state index in [4.69, 9.17) is 19.7 Å². The molecule has 5 aliphatic rings. The van der Waals surface area contributed by atoms with Crippen LogP contribution >= 0.6 is 7.82 Å². The van der Waals surface area contributed by atoms with Crippen molar-refractivity contribution < 1.29 is 52.5 Å². The Morgan fingerprint density at radius 2 is 1.84 bits per heavy atom. The van der Waals surface area contributed by atoms with E-state index < -0.39 is 72.6 Å². The lowest BCUT2D eigenvalue weighted by Crippen LogP contribution is -2.69. The topological polar surface area (TPSA) is 186 Å². The largest absolute Gasteiger partial charge is 0.470 e. The van der Waals surface area contributed by atoms with Crippen LogP contribution in [0.3, 0.4) is 0 Å². The minimum atomic E-state index is -5.04. The number of rotatable bonds is 8. The van der Waals surface area contributed by atoms with E-state index >= 15 is 4.39 Å². The van der Waals surface area contributed by atoms with E-state index in [1.807, 2.05) is 36.4 Å². The zero-order valence-electron chi connectivity index (χ0n) is 27.3. The molecule has 0 unspecified atom stereocenters. The highest BCUT2D eigenvalue weighted by atomic mass is 31.2. The maximum atomic E-state index is 17.7. The highest BCUT2D eigenvalue weighted by Crippen LogP contribution is 2.72. The molecule has 0 radical (unpaired) electrons. The van der Waals surface area contributed by atoms with Gasteiger partial charge in [0.05, 0.1) is 18.8 Å². The monoisotopic (exact) mass is 697 g/mol. The highest BCUT2D eigenvalue weighted by molar-refractivity contribution is 7.46. The van der Waals surface area contributed by atoms with E-state index in [0.29, 0.717) is 41.6 Å². The summed E-state index contributed by atoms with van der Waals surface area (Å²) in [5, 5.41) is 21.2. The van der Waals surface area contributed by atoms with Crippen LogP contribution in [0.1, 0.15) is 68.1 Å². The average molecular weight is 698 g/mol. The van der Waals surface area contributed by atoms with Crippen molar-refractivity contribution in [3.8, 4) is 0 Å². The number of phosphoric ester groups is 1. The van der Waals surface area contributed by atoms with E-state index in [2.05, 4.69) is 0 Å². The van der Waals surface area contributed by atoms with Gasteiger partial charge in [-0.05, 0) is 74.3 Å². The summed E-state index contributed by atoms with van der Waals surface area (Å²) in [7, 11) is -5.04. The van der Waals surface area contributed by atoms with Crippen molar-refractivity contribution in [2.24, 2.45) is 22.7 Å². The van der Waals surface area contributed by atoms with Crippen molar-refractivity contribution in [1.29, 1.82) is 0 Å². The zero-order valence-corrected chi connectivity index (χ0v) is 28.1. The van der Waals surface area contributed by atoms with E-state index in [9.17, 15) is 34.2 Å². The SMILES string of the molecule is C[C@]12C=CC(=O)C=C1CC[C@H]1[C@@H]3C[C@H]4O[C@@H](c5ccc(Cc6ccc(CO)c(N)c6)cc5)O[C@@]4(C(=O)COP(=O)(O)O)[C@@]3(C)C[C@H](O)[C@@]12F. The third-order valence-electron chi connectivity index (χ3n) is 12.2. The number of ether oxygens (including phenoxy) is 2. The Balaban J connectivity index is 1.20. The van der Waals surface area contributed by atoms with E-state index in [-0.39, 0.29) is 25.2 Å². The molecule has 0 bridgehead atoms. The molecule has 0 aromatic heterocycles. The summed E-state index contributed by atoms with van der Waals surface area (Å²) >= 11 is 0.